The van der Waals surface area contributed by atoms with Gasteiger partial charge in [0.15, 0.2) is 0 Å². The van der Waals surface area contributed by atoms with Gasteiger partial charge in [0, 0.05) is 8.07 Å². The molecule has 6 heteroatoms. The third kappa shape index (κ3) is 4.53. The Morgan fingerprint density at radius 2 is 1.59 bits per heavy atom. The van der Waals surface area contributed by atoms with Crippen LogP contribution in [0.25, 0.3) is 11.1 Å². The van der Waals surface area contributed by atoms with Gasteiger partial charge in [-0.15, -0.1) is 0 Å². The highest BCUT2D eigenvalue weighted by Gasteiger charge is 2.63. The van der Waals surface area contributed by atoms with Crippen LogP contribution < -0.4 is 10.6 Å². The van der Waals surface area contributed by atoms with Crippen LogP contribution in [0.4, 0.5) is 4.79 Å². The van der Waals surface area contributed by atoms with Crippen LogP contribution in [0.15, 0.2) is 54.6 Å². The van der Waals surface area contributed by atoms with E-state index in [0.29, 0.717) is 6.04 Å². The van der Waals surface area contributed by atoms with Gasteiger partial charge >= 0.3 is 6.09 Å². The van der Waals surface area contributed by atoms with Gasteiger partial charge in [0.25, 0.3) is 0 Å². The SMILES string of the molecule is CC1(C)NC(=O)[C@]1(C[Si](C)(C)C)NC(=O)OCc1ccc(-c2ccccc2)cc1. The number of hydrogen-bond donors (Lipinski definition) is 2. The normalized spacial score (nSPS) is 20.4. The molecule has 3 rings (SSSR count). The van der Waals surface area contributed by atoms with Crippen LogP contribution in [0, 0.1) is 0 Å². The van der Waals surface area contributed by atoms with Crippen molar-refractivity contribution in [2.24, 2.45) is 0 Å². The van der Waals surface area contributed by atoms with E-state index in [4.69, 9.17) is 4.74 Å². The minimum absolute atomic E-state index is 0.130. The second kappa shape index (κ2) is 7.67. The molecule has 29 heavy (non-hydrogen) atoms. The van der Waals surface area contributed by atoms with E-state index in [1.165, 1.54) is 0 Å². The number of nitrogens with one attached hydrogen (secondary N) is 2. The lowest BCUT2D eigenvalue weighted by Crippen LogP contribution is -2.85. The number of alkyl carbamates (subject to hydrolysis) is 1. The van der Waals surface area contributed by atoms with Crippen LogP contribution in [0.5, 0.6) is 0 Å². The van der Waals surface area contributed by atoms with Crippen molar-refractivity contribution in [2.45, 2.75) is 57.2 Å². The van der Waals surface area contributed by atoms with Gasteiger partial charge < -0.3 is 15.4 Å². The maximum absolute atomic E-state index is 12.5. The largest absolute Gasteiger partial charge is 0.445 e. The number of benzene rings is 2. The molecule has 2 N–H and O–H groups in total. The highest BCUT2D eigenvalue weighted by Crippen LogP contribution is 2.38. The molecule has 154 valence electrons. The summed E-state index contributed by atoms with van der Waals surface area (Å²) in [7, 11) is -1.62. The summed E-state index contributed by atoms with van der Waals surface area (Å²) in [5.74, 6) is -0.130. The van der Waals surface area contributed by atoms with E-state index in [1.807, 2.05) is 56.3 Å². The smallest absolute Gasteiger partial charge is 0.408 e. The fraction of sp³-hybridized carbons (Fsp3) is 0.391. The Morgan fingerprint density at radius 3 is 2.10 bits per heavy atom. The molecule has 5 nitrogen and oxygen atoms in total. The van der Waals surface area contributed by atoms with E-state index in [2.05, 4.69) is 42.4 Å². The van der Waals surface area contributed by atoms with E-state index < -0.39 is 25.2 Å². The van der Waals surface area contributed by atoms with E-state index in [0.717, 1.165) is 16.7 Å². The summed E-state index contributed by atoms with van der Waals surface area (Å²) < 4.78 is 5.45. The minimum Gasteiger partial charge on any atom is -0.445 e. The third-order valence-corrected chi connectivity index (χ3v) is 7.01. The van der Waals surface area contributed by atoms with Crippen molar-refractivity contribution in [3.05, 3.63) is 60.2 Å². The summed E-state index contributed by atoms with van der Waals surface area (Å²) >= 11 is 0. The average Bonchev–Trinajstić information content (AvgIpc) is 2.65. The minimum atomic E-state index is -1.62. The van der Waals surface area contributed by atoms with Crippen molar-refractivity contribution in [2.75, 3.05) is 0 Å². The zero-order valence-corrected chi connectivity index (χ0v) is 18.8. The fourth-order valence-corrected chi connectivity index (χ4v) is 6.14. The first kappa shape index (κ1) is 21.1. The summed E-state index contributed by atoms with van der Waals surface area (Å²) in [5.41, 5.74) is 1.74. The van der Waals surface area contributed by atoms with Crippen LogP contribution in [-0.4, -0.2) is 31.2 Å². The second-order valence-corrected chi connectivity index (χ2v) is 15.0. The van der Waals surface area contributed by atoms with Crippen molar-refractivity contribution >= 4 is 20.1 Å². The highest BCUT2D eigenvalue weighted by atomic mass is 28.3. The molecule has 1 heterocycles. The van der Waals surface area contributed by atoms with Crippen molar-refractivity contribution in [1.82, 2.24) is 10.6 Å². The number of hydrogen-bond acceptors (Lipinski definition) is 3. The lowest BCUT2D eigenvalue weighted by Gasteiger charge is -2.56. The van der Waals surface area contributed by atoms with Crippen LogP contribution in [-0.2, 0) is 16.1 Å². The average molecular weight is 411 g/mol. The van der Waals surface area contributed by atoms with E-state index >= 15 is 0 Å². The number of rotatable bonds is 6. The summed E-state index contributed by atoms with van der Waals surface area (Å²) in [6.45, 7) is 10.6. The predicted octanol–water partition coefficient (Wildman–Crippen LogP) is 4.57. The number of carbonyl (C=O) groups excluding carboxylic acids is 2. The lowest BCUT2D eigenvalue weighted by atomic mass is 9.72. The molecule has 1 fully saturated rings. The molecule has 0 spiro atoms. The molecule has 0 aromatic heterocycles. The fourth-order valence-electron chi connectivity index (χ4n) is 3.86. The third-order valence-electron chi connectivity index (χ3n) is 5.42. The molecule has 0 saturated carbocycles. The zero-order valence-electron chi connectivity index (χ0n) is 17.8. The first-order valence-electron chi connectivity index (χ1n) is 9.94. The first-order chi connectivity index (χ1) is 13.5. The monoisotopic (exact) mass is 410 g/mol. The standard InChI is InChI=1S/C23H30N2O3Si/c1-22(2)23(20(26)24-22,16-29(3,4)5)25-21(27)28-15-17-11-13-19(14-12-17)18-9-7-6-8-10-18/h6-14H,15-16H2,1-5H3,(H,24,26)(H,25,27)/t23-/m0/s1. The molecule has 1 saturated heterocycles. The Bertz CT molecular complexity index is 889. The summed E-state index contributed by atoms with van der Waals surface area (Å²) in [5, 5.41) is 5.80. The molecule has 2 aromatic carbocycles. The van der Waals surface area contributed by atoms with Gasteiger partial charge in [-0.2, -0.15) is 0 Å². The summed E-state index contributed by atoms with van der Waals surface area (Å²) in [4.78, 5) is 25.0. The predicted molar refractivity (Wildman–Crippen MR) is 118 cm³/mol. The Hall–Kier alpha value is -2.60. The summed E-state index contributed by atoms with van der Waals surface area (Å²) in [6, 6.07) is 18.7. The molecule has 0 radical (unpaired) electrons. The van der Waals surface area contributed by atoms with E-state index in [-0.39, 0.29) is 12.5 Å². The van der Waals surface area contributed by atoms with E-state index in [9.17, 15) is 9.59 Å². The first-order valence-corrected chi connectivity index (χ1v) is 13.7. The molecule has 1 aliphatic heterocycles. The quantitative estimate of drug-likeness (QED) is 0.542. The Labute approximate surface area is 173 Å². The number of amides is 2. The Balaban J connectivity index is 1.63. The van der Waals surface area contributed by atoms with Crippen LogP contribution >= 0.6 is 0 Å². The van der Waals surface area contributed by atoms with Gasteiger partial charge in [-0.05, 0) is 36.6 Å². The molecular weight excluding hydrogens is 380 g/mol. The van der Waals surface area contributed by atoms with Gasteiger partial charge in [-0.25, -0.2) is 4.79 Å². The van der Waals surface area contributed by atoms with Crippen molar-refractivity contribution in [3.63, 3.8) is 0 Å². The van der Waals surface area contributed by atoms with Crippen LogP contribution in [0.2, 0.25) is 25.7 Å². The Kier molecular flexibility index (Phi) is 5.58. The summed E-state index contributed by atoms with van der Waals surface area (Å²) in [6.07, 6.45) is -0.557. The zero-order chi connectivity index (χ0) is 21.3. The lowest BCUT2D eigenvalue weighted by molar-refractivity contribution is -0.143. The number of β-lactam (4-membered cyclic amide) rings is 1. The van der Waals surface area contributed by atoms with E-state index in [1.54, 1.807) is 0 Å². The topological polar surface area (TPSA) is 67.4 Å². The van der Waals surface area contributed by atoms with Gasteiger partial charge in [0.2, 0.25) is 5.91 Å². The molecular formula is C23H30N2O3Si. The maximum Gasteiger partial charge on any atom is 0.408 e. The molecule has 2 amide bonds. The molecule has 2 aromatic rings. The maximum atomic E-state index is 12.5. The van der Waals surface area contributed by atoms with Gasteiger partial charge in [-0.3, -0.25) is 4.79 Å². The van der Waals surface area contributed by atoms with Gasteiger partial charge in [0.1, 0.15) is 12.1 Å². The van der Waals surface area contributed by atoms with Crippen molar-refractivity contribution in [3.8, 4) is 11.1 Å². The van der Waals surface area contributed by atoms with Crippen molar-refractivity contribution < 1.29 is 14.3 Å². The number of carbonyl (C=O) groups is 2. The molecule has 0 aliphatic carbocycles. The number of ether oxygens (including phenoxy) is 1. The molecule has 0 bridgehead atoms. The van der Waals surface area contributed by atoms with Gasteiger partial charge in [0.05, 0.1) is 5.54 Å². The van der Waals surface area contributed by atoms with Gasteiger partial charge in [-0.1, -0.05) is 74.2 Å². The Morgan fingerprint density at radius 1 is 1.00 bits per heavy atom. The molecule has 0 unspecified atom stereocenters. The molecule has 1 atom stereocenters. The van der Waals surface area contributed by atoms with Crippen LogP contribution in [0.1, 0.15) is 19.4 Å². The molecule has 1 aliphatic rings. The highest BCUT2D eigenvalue weighted by molar-refractivity contribution is 6.76. The van der Waals surface area contributed by atoms with Crippen LogP contribution in [0.3, 0.4) is 0 Å². The van der Waals surface area contributed by atoms with Crippen molar-refractivity contribution in [1.29, 1.82) is 0 Å². The second-order valence-electron chi connectivity index (χ2n) is 9.49.